The molecule has 0 heterocycles. The first-order valence-electron chi connectivity index (χ1n) is 4.47. The van der Waals surface area contributed by atoms with E-state index in [4.69, 9.17) is 4.74 Å². The van der Waals surface area contributed by atoms with Crippen molar-refractivity contribution in [3.05, 3.63) is 0 Å². The van der Waals surface area contributed by atoms with Crippen LogP contribution in [0.2, 0.25) is 0 Å². The zero-order valence-corrected chi connectivity index (χ0v) is 9.30. The maximum Gasteiger partial charge on any atom is 0.328 e. The van der Waals surface area contributed by atoms with E-state index < -0.39 is 23.6 Å². The highest BCUT2D eigenvalue weighted by Gasteiger charge is 2.22. The molecule has 0 aliphatic heterocycles. The third-order valence-corrected chi connectivity index (χ3v) is 1.33. The lowest BCUT2D eigenvalue weighted by atomic mass is 10.2. The van der Waals surface area contributed by atoms with Crippen molar-refractivity contribution in [3.63, 3.8) is 0 Å². The average molecular weight is 202 g/mol. The molecule has 0 aromatic carbocycles. The minimum absolute atomic E-state index is 0.400. The number of amides is 2. The second kappa shape index (κ2) is 4.83. The van der Waals surface area contributed by atoms with Gasteiger partial charge in [0.05, 0.1) is 0 Å². The van der Waals surface area contributed by atoms with Gasteiger partial charge in [-0.3, -0.25) is 0 Å². The minimum Gasteiger partial charge on any atom is -0.458 e. The summed E-state index contributed by atoms with van der Waals surface area (Å²) < 4.78 is 5.06. The lowest BCUT2D eigenvalue weighted by molar-refractivity contribution is -0.156. The van der Waals surface area contributed by atoms with Crippen molar-refractivity contribution in [3.8, 4) is 0 Å². The van der Waals surface area contributed by atoms with Crippen LogP contribution in [0.5, 0.6) is 0 Å². The Kier molecular flexibility index (Phi) is 4.40. The lowest BCUT2D eigenvalue weighted by Crippen LogP contribution is -2.45. The Hall–Kier alpha value is -1.26. The van der Waals surface area contributed by atoms with E-state index in [1.165, 1.54) is 7.05 Å². The van der Waals surface area contributed by atoms with E-state index in [9.17, 15) is 9.59 Å². The van der Waals surface area contributed by atoms with Crippen molar-refractivity contribution in [2.24, 2.45) is 0 Å². The molecule has 2 N–H and O–H groups in total. The number of hydrogen-bond acceptors (Lipinski definition) is 3. The van der Waals surface area contributed by atoms with E-state index >= 15 is 0 Å². The van der Waals surface area contributed by atoms with E-state index in [0.29, 0.717) is 0 Å². The maximum atomic E-state index is 11.3. The monoisotopic (exact) mass is 202 g/mol. The third-order valence-electron chi connectivity index (χ3n) is 1.33. The predicted octanol–water partition coefficient (Wildman–Crippen LogP) is 0.646. The third kappa shape index (κ3) is 5.40. The molecule has 0 unspecified atom stereocenters. The summed E-state index contributed by atoms with van der Waals surface area (Å²) in [5.74, 6) is -0.443. The van der Waals surface area contributed by atoms with Crippen LogP contribution in [-0.4, -0.2) is 30.7 Å². The summed E-state index contributed by atoms with van der Waals surface area (Å²) in [6, 6.07) is -1.04. The number of hydrogen-bond donors (Lipinski definition) is 2. The van der Waals surface area contributed by atoms with Gasteiger partial charge in [0.2, 0.25) is 0 Å². The second-order valence-electron chi connectivity index (χ2n) is 3.98. The fourth-order valence-electron chi connectivity index (χ4n) is 0.718. The van der Waals surface area contributed by atoms with Crippen LogP contribution < -0.4 is 10.6 Å². The van der Waals surface area contributed by atoms with Crippen LogP contribution in [0.3, 0.4) is 0 Å². The second-order valence-corrected chi connectivity index (χ2v) is 3.98. The summed E-state index contributed by atoms with van der Waals surface area (Å²) in [6.07, 6.45) is 0. The minimum atomic E-state index is -0.644. The van der Waals surface area contributed by atoms with Crippen molar-refractivity contribution >= 4 is 12.0 Å². The first-order chi connectivity index (χ1) is 6.26. The molecular formula is C9H18N2O3. The first kappa shape index (κ1) is 12.7. The summed E-state index contributed by atoms with van der Waals surface area (Å²) in [4.78, 5) is 22.2. The largest absolute Gasteiger partial charge is 0.458 e. The molecule has 0 fully saturated rings. The van der Waals surface area contributed by atoms with Gasteiger partial charge < -0.3 is 15.4 Å². The molecule has 0 aliphatic carbocycles. The van der Waals surface area contributed by atoms with Crippen molar-refractivity contribution in [1.29, 1.82) is 0 Å². The quantitative estimate of drug-likeness (QED) is 0.646. The Balaban J connectivity index is 4.07. The molecule has 0 aromatic heterocycles. The highest BCUT2D eigenvalue weighted by atomic mass is 16.6. The van der Waals surface area contributed by atoms with Gasteiger partial charge in [-0.25, -0.2) is 9.59 Å². The van der Waals surface area contributed by atoms with Gasteiger partial charge in [0.25, 0.3) is 0 Å². The maximum absolute atomic E-state index is 11.3. The van der Waals surface area contributed by atoms with Gasteiger partial charge in [0.1, 0.15) is 11.6 Å². The van der Waals surface area contributed by atoms with Gasteiger partial charge in [0.15, 0.2) is 0 Å². The molecule has 2 amide bonds. The highest BCUT2D eigenvalue weighted by Crippen LogP contribution is 2.08. The van der Waals surface area contributed by atoms with Crippen molar-refractivity contribution in [1.82, 2.24) is 10.6 Å². The number of carbonyl (C=O) groups is 2. The van der Waals surface area contributed by atoms with E-state index in [1.807, 2.05) is 0 Å². The lowest BCUT2D eigenvalue weighted by Gasteiger charge is -2.22. The Morgan fingerprint density at radius 1 is 1.29 bits per heavy atom. The number of carbonyl (C=O) groups excluding carboxylic acids is 2. The average Bonchev–Trinajstić information content (AvgIpc) is 2.00. The van der Waals surface area contributed by atoms with Crippen molar-refractivity contribution in [2.45, 2.75) is 39.3 Å². The van der Waals surface area contributed by atoms with Gasteiger partial charge >= 0.3 is 12.0 Å². The predicted molar refractivity (Wildman–Crippen MR) is 52.9 cm³/mol. The molecule has 0 saturated heterocycles. The SMILES string of the molecule is CNC(=O)N[C@H](C)C(=O)OC(C)(C)C. The summed E-state index contributed by atoms with van der Waals surface area (Å²) in [5, 5.41) is 4.78. The van der Waals surface area contributed by atoms with Crippen LogP contribution in [0.15, 0.2) is 0 Å². The summed E-state index contributed by atoms with van der Waals surface area (Å²) >= 11 is 0. The molecule has 14 heavy (non-hydrogen) atoms. The molecule has 0 saturated carbocycles. The Bertz CT molecular complexity index is 221. The van der Waals surface area contributed by atoms with Crippen LogP contribution in [0.1, 0.15) is 27.7 Å². The Labute approximate surface area is 84.2 Å². The van der Waals surface area contributed by atoms with E-state index in [0.717, 1.165) is 0 Å². The zero-order chi connectivity index (χ0) is 11.4. The molecule has 1 atom stereocenters. The number of urea groups is 1. The molecule has 0 aromatic rings. The number of rotatable bonds is 2. The molecule has 82 valence electrons. The van der Waals surface area contributed by atoms with Crippen LogP contribution >= 0.6 is 0 Å². The summed E-state index contributed by atoms with van der Waals surface area (Å²) in [7, 11) is 1.48. The summed E-state index contributed by atoms with van der Waals surface area (Å²) in [5.41, 5.74) is -0.532. The summed E-state index contributed by atoms with van der Waals surface area (Å²) in [6.45, 7) is 6.90. The molecule has 0 rings (SSSR count). The first-order valence-corrected chi connectivity index (χ1v) is 4.47. The topological polar surface area (TPSA) is 67.4 Å². The van der Waals surface area contributed by atoms with Crippen LogP contribution in [0.25, 0.3) is 0 Å². The van der Waals surface area contributed by atoms with Crippen LogP contribution in [0, 0.1) is 0 Å². The molecule has 0 aliphatic rings. The standard InChI is InChI=1S/C9H18N2O3/c1-6(11-8(13)10-5)7(12)14-9(2,3)4/h6H,1-5H3,(H2,10,11,13)/t6-/m1/s1. The molecule has 0 bridgehead atoms. The fraction of sp³-hybridized carbons (Fsp3) is 0.778. The van der Waals surface area contributed by atoms with Crippen molar-refractivity contribution in [2.75, 3.05) is 7.05 Å². The molecule has 5 heteroatoms. The van der Waals surface area contributed by atoms with Crippen molar-refractivity contribution < 1.29 is 14.3 Å². The fourth-order valence-corrected chi connectivity index (χ4v) is 0.718. The van der Waals surface area contributed by atoms with Gasteiger partial charge in [-0.1, -0.05) is 0 Å². The Morgan fingerprint density at radius 3 is 2.14 bits per heavy atom. The Morgan fingerprint density at radius 2 is 1.79 bits per heavy atom. The zero-order valence-electron chi connectivity index (χ0n) is 9.30. The van der Waals surface area contributed by atoms with Crippen LogP contribution in [0.4, 0.5) is 4.79 Å². The van der Waals surface area contributed by atoms with E-state index in [-0.39, 0.29) is 0 Å². The van der Waals surface area contributed by atoms with Gasteiger partial charge in [-0.15, -0.1) is 0 Å². The molecule has 0 radical (unpaired) electrons. The van der Waals surface area contributed by atoms with E-state index in [2.05, 4.69) is 10.6 Å². The molecular weight excluding hydrogens is 184 g/mol. The van der Waals surface area contributed by atoms with Gasteiger partial charge in [-0.05, 0) is 27.7 Å². The molecule has 5 nitrogen and oxygen atoms in total. The number of nitrogens with one attached hydrogen (secondary N) is 2. The highest BCUT2D eigenvalue weighted by molar-refractivity contribution is 5.83. The van der Waals surface area contributed by atoms with Crippen LogP contribution in [-0.2, 0) is 9.53 Å². The molecule has 0 spiro atoms. The number of esters is 1. The number of ether oxygens (including phenoxy) is 1. The normalized spacial score (nSPS) is 12.9. The smallest absolute Gasteiger partial charge is 0.328 e. The van der Waals surface area contributed by atoms with Gasteiger partial charge in [0, 0.05) is 7.05 Å². The van der Waals surface area contributed by atoms with Gasteiger partial charge in [-0.2, -0.15) is 0 Å². The van der Waals surface area contributed by atoms with E-state index in [1.54, 1.807) is 27.7 Å².